The third-order valence-electron chi connectivity index (χ3n) is 6.20. The van der Waals surface area contributed by atoms with Crippen LogP contribution in [-0.2, 0) is 13.1 Å². The molecule has 2 heterocycles. The maximum absolute atomic E-state index is 11.4. The highest BCUT2D eigenvalue weighted by Crippen LogP contribution is 2.36. The Morgan fingerprint density at radius 1 is 1.12 bits per heavy atom. The summed E-state index contributed by atoms with van der Waals surface area (Å²) in [7, 11) is 0. The summed E-state index contributed by atoms with van der Waals surface area (Å²) in [5.74, 6) is -0.596. The van der Waals surface area contributed by atoms with Crippen molar-refractivity contribution in [3.05, 3.63) is 75.8 Å². The van der Waals surface area contributed by atoms with Gasteiger partial charge in [-0.2, -0.15) is 4.98 Å². The third-order valence-corrected chi connectivity index (χ3v) is 6.51. The van der Waals surface area contributed by atoms with Crippen LogP contribution >= 0.6 is 11.6 Å². The van der Waals surface area contributed by atoms with Crippen molar-refractivity contribution in [2.75, 3.05) is 0 Å². The number of hydrogen-bond acceptors (Lipinski definition) is 4. The highest BCUT2D eigenvalue weighted by atomic mass is 35.5. The smallest absolute Gasteiger partial charge is 0.336 e. The second-order valence-electron chi connectivity index (χ2n) is 8.76. The van der Waals surface area contributed by atoms with Gasteiger partial charge >= 0.3 is 5.97 Å². The number of fused-ring (bicyclic) bond motifs is 2. The molecule has 0 amide bonds. The van der Waals surface area contributed by atoms with Gasteiger partial charge in [-0.25, -0.2) is 4.79 Å². The van der Waals surface area contributed by atoms with Crippen LogP contribution < -0.4 is 4.74 Å². The van der Waals surface area contributed by atoms with Crippen LogP contribution in [0.2, 0.25) is 5.02 Å². The molecule has 5 rings (SSSR count). The van der Waals surface area contributed by atoms with Crippen molar-refractivity contribution in [3.8, 4) is 22.9 Å². The first kappa shape index (κ1) is 21.5. The Kier molecular flexibility index (Phi) is 5.35. The predicted octanol–water partition coefficient (Wildman–Crippen LogP) is 6.41. The fourth-order valence-electron chi connectivity index (χ4n) is 4.24. The van der Waals surface area contributed by atoms with E-state index in [4.69, 9.17) is 16.3 Å². The van der Waals surface area contributed by atoms with E-state index in [2.05, 4.69) is 46.9 Å². The van der Waals surface area contributed by atoms with Crippen molar-refractivity contribution < 1.29 is 14.6 Å². The number of H-pyrrole nitrogens is 1. The maximum Gasteiger partial charge on any atom is 0.336 e. The molecule has 3 aromatic carbocycles. The summed E-state index contributed by atoms with van der Waals surface area (Å²) in [6.45, 7) is 8.10. The normalized spacial score (nSPS) is 13.6. The lowest BCUT2D eigenvalue weighted by atomic mass is 10.00. The van der Waals surface area contributed by atoms with E-state index >= 15 is 0 Å². The van der Waals surface area contributed by atoms with E-state index in [0.29, 0.717) is 22.4 Å². The maximum atomic E-state index is 11.4. The molecule has 1 aliphatic heterocycles. The molecule has 1 aliphatic rings. The van der Waals surface area contributed by atoms with E-state index in [9.17, 15) is 9.90 Å². The summed E-state index contributed by atoms with van der Waals surface area (Å²) in [5.41, 5.74) is 6.99. The fourth-order valence-corrected chi connectivity index (χ4v) is 4.51. The molecule has 6 nitrogen and oxygen atoms in total. The van der Waals surface area contributed by atoms with Gasteiger partial charge < -0.3 is 14.8 Å². The number of ether oxygens (including phenoxy) is 1. The fraction of sp³-hybridized carbons (Fsp3) is 0.231. The van der Waals surface area contributed by atoms with E-state index in [1.807, 2.05) is 12.1 Å². The quantitative estimate of drug-likeness (QED) is 0.359. The molecule has 0 saturated carbocycles. The van der Waals surface area contributed by atoms with Gasteiger partial charge in [0.2, 0.25) is 0 Å². The summed E-state index contributed by atoms with van der Waals surface area (Å²) in [6.07, 6.45) is 0. The standard InChI is InChI=1S/C26H24ClN3O3/c1-14(2)30-12-17-6-5-16(8-18(17)13-30)21-10-23-24(11-22(21)27)29-26(28-23)33-19-7-4-15(3)20(9-19)25(31)32/h4-11,14H,12-13H2,1-3H3,(H,28,29)(H,31,32). The van der Waals surface area contributed by atoms with Crippen LogP contribution in [-0.4, -0.2) is 32.0 Å². The number of aromatic carboxylic acids is 1. The lowest BCUT2D eigenvalue weighted by Crippen LogP contribution is -2.24. The number of nitrogens with zero attached hydrogens (tertiary/aromatic N) is 2. The van der Waals surface area contributed by atoms with Crippen molar-refractivity contribution in [2.24, 2.45) is 0 Å². The van der Waals surface area contributed by atoms with Gasteiger partial charge in [-0.1, -0.05) is 29.8 Å². The van der Waals surface area contributed by atoms with Gasteiger partial charge in [-0.05, 0) is 73.4 Å². The van der Waals surface area contributed by atoms with Gasteiger partial charge in [-0.15, -0.1) is 0 Å². The minimum Gasteiger partial charge on any atom is -0.478 e. The number of aromatic nitrogens is 2. The van der Waals surface area contributed by atoms with Crippen LogP contribution in [0.25, 0.3) is 22.2 Å². The molecule has 4 aromatic rings. The van der Waals surface area contributed by atoms with Crippen molar-refractivity contribution in [2.45, 2.75) is 39.9 Å². The van der Waals surface area contributed by atoms with Crippen LogP contribution in [0.5, 0.6) is 11.8 Å². The number of aryl methyl sites for hydroxylation is 1. The number of carboxylic acid groups (broad SMARTS) is 1. The Hall–Kier alpha value is -3.35. The molecule has 1 aromatic heterocycles. The van der Waals surface area contributed by atoms with E-state index < -0.39 is 5.97 Å². The molecule has 0 atom stereocenters. The number of halogens is 1. The highest BCUT2D eigenvalue weighted by Gasteiger charge is 2.22. The van der Waals surface area contributed by atoms with Crippen molar-refractivity contribution in [1.29, 1.82) is 0 Å². The Balaban J connectivity index is 1.46. The molecular formula is C26H24ClN3O3. The summed E-state index contributed by atoms with van der Waals surface area (Å²) in [6, 6.07) is 16.0. The zero-order valence-corrected chi connectivity index (χ0v) is 19.4. The molecule has 0 aliphatic carbocycles. The molecule has 7 heteroatoms. The number of nitrogens with one attached hydrogen (secondary N) is 1. The topological polar surface area (TPSA) is 78.5 Å². The van der Waals surface area contributed by atoms with E-state index in [0.717, 1.165) is 35.2 Å². The van der Waals surface area contributed by atoms with Crippen LogP contribution in [0.1, 0.15) is 40.9 Å². The van der Waals surface area contributed by atoms with Crippen molar-refractivity contribution in [3.63, 3.8) is 0 Å². The molecule has 0 bridgehead atoms. The first-order valence-corrected chi connectivity index (χ1v) is 11.2. The third kappa shape index (κ3) is 4.08. The molecule has 0 radical (unpaired) electrons. The SMILES string of the molecule is Cc1ccc(Oc2nc3cc(-c4ccc5c(c4)CN(C(C)C)C5)c(Cl)cc3[nH]2)cc1C(=O)O. The molecule has 0 fully saturated rings. The number of rotatable bonds is 5. The number of hydrogen-bond donors (Lipinski definition) is 2. The van der Waals surface area contributed by atoms with E-state index in [1.54, 1.807) is 19.1 Å². The largest absolute Gasteiger partial charge is 0.478 e. The highest BCUT2D eigenvalue weighted by molar-refractivity contribution is 6.34. The minimum atomic E-state index is -0.996. The summed E-state index contributed by atoms with van der Waals surface area (Å²) >= 11 is 6.65. The molecular weight excluding hydrogens is 438 g/mol. The van der Waals surface area contributed by atoms with Crippen LogP contribution in [0.15, 0.2) is 48.5 Å². The molecule has 0 spiro atoms. The summed E-state index contributed by atoms with van der Waals surface area (Å²) < 4.78 is 5.81. The average molecular weight is 462 g/mol. The summed E-state index contributed by atoms with van der Waals surface area (Å²) in [5, 5.41) is 9.97. The van der Waals surface area contributed by atoms with Gasteiger partial charge in [0.1, 0.15) is 5.75 Å². The van der Waals surface area contributed by atoms with Crippen LogP contribution in [0.4, 0.5) is 0 Å². The second kappa shape index (κ2) is 8.21. The number of imidazole rings is 1. The van der Waals surface area contributed by atoms with Gasteiger partial charge in [0, 0.05) is 24.7 Å². The van der Waals surface area contributed by atoms with E-state index in [1.165, 1.54) is 17.2 Å². The Labute approximate surface area is 196 Å². The molecule has 0 unspecified atom stereocenters. The van der Waals surface area contributed by atoms with Crippen molar-refractivity contribution >= 4 is 28.6 Å². The van der Waals surface area contributed by atoms with Gasteiger partial charge in [-0.3, -0.25) is 4.90 Å². The van der Waals surface area contributed by atoms with E-state index in [-0.39, 0.29) is 11.6 Å². The summed E-state index contributed by atoms with van der Waals surface area (Å²) in [4.78, 5) is 21.5. The Morgan fingerprint density at radius 3 is 2.67 bits per heavy atom. The minimum absolute atomic E-state index is 0.196. The molecule has 0 saturated heterocycles. The molecule has 33 heavy (non-hydrogen) atoms. The van der Waals surface area contributed by atoms with Gasteiger partial charge in [0.05, 0.1) is 21.6 Å². The lowest BCUT2D eigenvalue weighted by Gasteiger charge is -2.18. The zero-order chi connectivity index (χ0) is 23.3. The lowest BCUT2D eigenvalue weighted by molar-refractivity contribution is 0.0695. The molecule has 168 valence electrons. The van der Waals surface area contributed by atoms with Gasteiger partial charge in [0.15, 0.2) is 0 Å². The van der Waals surface area contributed by atoms with Crippen molar-refractivity contribution in [1.82, 2.24) is 14.9 Å². The van der Waals surface area contributed by atoms with Crippen LogP contribution in [0.3, 0.4) is 0 Å². The predicted molar refractivity (Wildman–Crippen MR) is 129 cm³/mol. The monoisotopic (exact) mass is 461 g/mol. The number of aromatic amines is 1. The zero-order valence-electron chi connectivity index (χ0n) is 18.6. The second-order valence-corrected chi connectivity index (χ2v) is 9.16. The van der Waals surface area contributed by atoms with Gasteiger partial charge in [0.25, 0.3) is 6.01 Å². The first-order chi connectivity index (χ1) is 15.8. The Bertz CT molecular complexity index is 1390. The number of carbonyl (C=O) groups is 1. The number of carboxylic acids is 1. The molecule has 2 N–H and O–H groups in total. The Morgan fingerprint density at radius 2 is 1.91 bits per heavy atom. The average Bonchev–Trinajstić information content (AvgIpc) is 3.37. The van der Waals surface area contributed by atoms with Crippen LogP contribution in [0, 0.1) is 6.92 Å². The number of benzene rings is 3. The first-order valence-electron chi connectivity index (χ1n) is 10.9.